The summed E-state index contributed by atoms with van der Waals surface area (Å²) in [5.74, 6) is 0. The fourth-order valence-electron chi connectivity index (χ4n) is 1.18. The van der Waals surface area contributed by atoms with Crippen LogP contribution in [0, 0.1) is 0 Å². The van der Waals surface area contributed by atoms with Crippen LogP contribution in [0.25, 0.3) is 10.2 Å². The summed E-state index contributed by atoms with van der Waals surface area (Å²) in [4.78, 5) is 4.18. The molecule has 0 amide bonds. The van der Waals surface area contributed by atoms with Gasteiger partial charge in [-0.15, -0.1) is 11.3 Å². The first-order valence-corrected chi connectivity index (χ1v) is 4.71. The van der Waals surface area contributed by atoms with Crippen LogP contribution in [0.5, 0.6) is 0 Å². The number of nitrogens with zero attached hydrogens (tertiary/aromatic N) is 1. The molecule has 3 heteroatoms. The van der Waals surface area contributed by atoms with Gasteiger partial charge >= 0.3 is 0 Å². The molecule has 2 nitrogen and oxygen atoms in total. The number of rotatable bonds is 2. The molecule has 1 N–H and O–H groups in total. The topological polar surface area (TPSA) is 33.1 Å². The number of hydrogen-bond acceptors (Lipinski definition) is 3. The Morgan fingerprint density at radius 2 is 2.33 bits per heavy atom. The first kappa shape index (κ1) is 7.71. The lowest BCUT2D eigenvalue weighted by atomic mass is 10.1. The molecule has 2 rings (SSSR count). The lowest BCUT2D eigenvalue weighted by Crippen LogP contribution is -1.88. The third-order valence-corrected chi connectivity index (χ3v) is 2.59. The van der Waals surface area contributed by atoms with Gasteiger partial charge in [-0.2, -0.15) is 0 Å². The van der Waals surface area contributed by atoms with E-state index in [2.05, 4.69) is 11.1 Å². The van der Waals surface area contributed by atoms with Crippen LogP contribution in [-0.4, -0.2) is 16.7 Å². The minimum Gasteiger partial charge on any atom is -0.396 e. The zero-order valence-corrected chi connectivity index (χ0v) is 7.34. The van der Waals surface area contributed by atoms with Gasteiger partial charge in [-0.05, 0) is 24.1 Å². The molecule has 2 aromatic rings. The SMILES string of the molecule is OCCc1ccc2ncsc2c1. The lowest BCUT2D eigenvalue weighted by molar-refractivity contribution is 0.299. The Balaban J connectivity index is 2.46. The number of thiazole rings is 1. The highest BCUT2D eigenvalue weighted by Gasteiger charge is 1.97. The molecule has 0 aliphatic heterocycles. The maximum Gasteiger partial charge on any atom is 0.0812 e. The number of hydrogen-bond donors (Lipinski definition) is 1. The zero-order valence-electron chi connectivity index (χ0n) is 6.53. The second kappa shape index (κ2) is 3.21. The Morgan fingerprint density at radius 3 is 3.17 bits per heavy atom. The van der Waals surface area contributed by atoms with Crippen LogP contribution in [0.2, 0.25) is 0 Å². The number of aliphatic hydroxyl groups is 1. The first-order valence-electron chi connectivity index (χ1n) is 3.83. The van der Waals surface area contributed by atoms with Crippen LogP contribution in [0.4, 0.5) is 0 Å². The molecule has 0 aliphatic rings. The van der Waals surface area contributed by atoms with E-state index in [0.717, 1.165) is 11.9 Å². The molecule has 0 unspecified atom stereocenters. The molecule has 0 saturated carbocycles. The molecule has 12 heavy (non-hydrogen) atoms. The van der Waals surface area contributed by atoms with E-state index in [0.29, 0.717) is 0 Å². The monoisotopic (exact) mass is 179 g/mol. The maximum absolute atomic E-state index is 8.73. The Hall–Kier alpha value is -0.930. The Labute approximate surface area is 74.5 Å². The van der Waals surface area contributed by atoms with Crippen molar-refractivity contribution in [2.75, 3.05) is 6.61 Å². The molecule has 62 valence electrons. The number of fused-ring (bicyclic) bond motifs is 1. The highest BCUT2D eigenvalue weighted by Crippen LogP contribution is 2.18. The van der Waals surface area contributed by atoms with Crippen molar-refractivity contribution in [2.24, 2.45) is 0 Å². The van der Waals surface area contributed by atoms with Gasteiger partial charge in [-0.25, -0.2) is 4.98 Å². The third kappa shape index (κ3) is 1.33. The smallest absolute Gasteiger partial charge is 0.0812 e. The molecule has 0 atom stereocenters. The van der Waals surface area contributed by atoms with Gasteiger partial charge in [0.05, 0.1) is 15.7 Å². The summed E-state index contributed by atoms with van der Waals surface area (Å²) in [6.45, 7) is 0.213. The summed E-state index contributed by atoms with van der Waals surface area (Å²) in [5, 5.41) is 8.73. The van der Waals surface area contributed by atoms with Gasteiger partial charge in [0.15, 0.2) is 0 Å². The average molecular weight is 179 g/mol. The second-order valence-electron chi connectivity index (χ2n) is 2.63. The van der Waals surface area contributed by atoms with Crippen LogP contribution >= 0.6 is 11.3 Å². The summed E-state index contributed by atoms with van der Waals surface area (Å²) in [6, 6.07) is 6.10. The predicted molar refractivity (Wildman–Crippen MR) is 50.4 cm³/mol. The number of benzene rings is 1. The van der Waals surface area contributed by atoms with Crippen LogP contribution in [0.3, 0.4) is 0 Å². The van der Waals surface area contributed by atoms with Crippen molar-refractivity contribution in [2.45, 2.75) is 6.42 Å². The Kier molecular flexibility index (Phi) is 2.06. The van der Waals surface area contributed by atoms with E-state index < -0.39 is 0 Å². The maximum atomic E-state index is 8.73. The van der Waals surface area contributed by atoms with Crippen LogP contribution in [-0.2, 0) is 6.42 Å². The van der Waals surface area contributed by atoms with Crippen molar-refractivity contribution in [3.63, 3.8) is 0 Å². The average Bonchev–Trinajstić information content (AvgIpc) is 2.51. The molecule has 0 aliphatic carbocycles. The molecule has 0 bridgehead atoms. The van der Waals surface area contributed by atoms with Gasteiger partial charge in [-0.1, -0.05) is 6.07 Å². The molecular formula is C9H9NOS. The second-order valence-corrected chi connectivity index (χ2v) is 3.51. The van der Waals surface area contributed by atoms with Crippen molar-refractivity contribution in [3.8, 4) is 0 Å². The first-order chi connectivity index (χ1) is 5.90. The van der Waals surface area contributed by atoms with Gasteiger partial charge in [0.2, 0.25) is 0 Å². The molecule has 1 aromatic heterocycles. The van der Waals surface area contributed by atoms with Gasteiger partial charge in [0.25, 0.3) is 0 Å². The standard InChI is InChI=1S/C9H9NOS/c11-4-3-7-1-2-8-9(5-7)12-6-10-8/h1-2,5-6,11H,3-4H2. The van der Waals surface area contributed by atoms with Crippen molar-refractivity contribution >= 4 is 21.6 Å². The molecule has 0 fully saturated rings. The van der Waals surface area contributed by atoms with Gasteiger partial charge < -0.3 is 5.11 Å². The minimum atomic E-state index is 0.213. The normalized spacial score (nSPS) is 10.8. The van der Waals surface area contributed by atoms with E-state index in [9.17, 15) is 0 Å². The van der Waals surface area contributed by atoms with E-state index in [1.807, 2.05) is 17.6 Å². The van der Waals surface area contributed by atoms with Crippen LogP contribution < -0.4 is 0 Å². The molecule has 0 spiro atoms. The molecule has 0 radical (unpaired) electrons. The molecule has 1 heterocycles. The van der Waals surface area contributed by atoms with E-state index in [4.69, 9.17) is 5.11 Å². The fourth-order valence-corrected chi connectivity index (χ4v) is 1.92. The number of aliphatic hydroxyl groups excluding tert-OH is 1. The van der Waals surface area contributed by atoms with Crippen molar-refractivity contribution in [1.29, 1.82) is 0 Å². The predicted octanol–water partition coefficient (Wildman–Crippen LogP) is 1.83. The molecule has 1 aromatic carbocycles. The largest absolute Gasteiger partial charge is 0.396 e. The van der Waals surface area contributed by atoms with E-state index in [1.54, 1.807) is 11.3 Å². The van der Waals surface area contributed by atoms with E-state index in [-0.39, 0.29) is 6.61 Å². The lowest BCUT2D eigenvalue weighted by Gasteiger charge is -1.96. The zero-order chi connectivity index (χ0) is 8.39. The Morgan fingerprint density at radius 1 is 1.42 bits per heavy atom. The summed E-state index contributed by atoms with van der Waals surface area (Å²) < 4.78 is 1.20. The minimum absolute atomic E-state index is 0.213. The quantitative estimate of drug-likeness (QED) is 0.763. The summed E-state index contributed by atoms with van der Waals surface area (Å²) >= 11 is 1.63. The summed E-state index contributed by atoms with van der Waals surface area (Å²) in [5.41, 5.74) is 4.06. The van der Waals surface area contributed by atoms with Crippen molar-refractivity contribution in [1.82, 2.24) is 4.98 Å². The van der Waals surface area contributed by atoms with Crippen molar-refractivity contribution < 1.29 is 5.11 Å². The number of aromatic nitrogens is 1. The third-order valence-electron chi connectivity index (χ3n) is 1.80. The van der Waals surface area contributed by atoms with Gasteiger partial charge in [0.1, 0.15) is 0 Å². The van der Waals surface area contributed by atoms with Crippen LogP contribution in [0.15, 0.2) is 23.7 Å². The fraction of sp³-hybridized carbons (Fsp3) is 0.222. The van der Waals surface area contributed by atoms with Crippen LogP contribution in [0.1, 0.15) is 5.56 Å². The van der Waals surface area contributed by atoms with E-state index >= 15 is 0 Å². The van der Waals surface area contributed by atoms with Gasteiger partial charge in [-0.3, -0.25) is 0 Å². The summed E-state index contributed by atoms with van der Waals surface area (Å²) in [7, 11) is 0. The highest BCUT2D eigenvalue weighted by molar-refractivity contribution is 7.16. The highest BCUT2D eigenvalue weighted by atomic mass is 32.1. The molecule has 0 saturated heterocycles. The Bertz CT molecular complexity index is 383. The van der Waals surface area contributed by atoms with E-state index in [1.165, 1.54) is 10.3 Å². The molecular weight excluding hydrogens is 170 g/mol. The van der Waals surface area contributed by atoms with Crippen molar-refractivity contribution in [3.05, 3.63) is 29.3 Å². The van der Waals surface area contributed by atoms with Gasteiger partial charge in [0, 0.05) is 6.61 Å². The summed E-state index contributed by atoms with van der Waals surface area (Å²) in [6.07, 6.45) is 0.730.